The van der Waals surface area contributed by atoms with E-state index in [0.717, 1.165) is 12.8 Å². The molecule has 0 radical (unpaired) electrons. The van der Waals surface area contributed by atoms with Crippen molar-refractivity contribution in [1.82, 2.24) is 5.32 Å². The SMILES string of the molecule is CCC(C)(CC)NC(=O)c1c(C)ccc(C)c1C(=O)O. The van der Waals surface area contributed by atoms with Crippen LogP contribution in [-0.4, -0.2) is 22.5 Å². The van der Waals surface area contributed by atoms with Crippen molar-refractivity contribution in [2.24, 2.45) is 0 Å². The van der Waals surface area contributed by atoms with Gasteiger partial charge in [0, 0.05) is 5.54 Å². The molecule has 0 aliphatic carbocycles. The number of aryl methyl sites for hydroxylation is 2. The van der Waals surface area contributed by atoms with Crippen molar-refractivity contribution in [1.29, 1.82) is 0 Å². The summed E-state index contributed by atoms with van der Waals surface area (Å²) in [7, 11) is 0. The molecule has 0 fully saturated rings. The second kappa shape index (κ2) is 6.07. The number of benzene rings is 1. The number of aromatic carboxylic acids is 1. The van der Waals surface area contributed by atoms with E-state index in [4.69, 9.17) is 0 Å². The number of nitrogens with one attached hydrogen (secondary N) is 1. The third kappa shape index (κ3) is 3.18. The second-order valence-corrected chi connectivity index (χ2v) is 5.48. The van der Waals surface area contributed by atoms with Crippen LogP contribution in [0.25, 0.3) is 0 Å². The van der Waals surface area contributed by atoms with Crippen molar-refractivity contribution in [2.45, 2.75) is 53.0 Å². The summed E-state index contributed by atoms with van der Waals surface area (Å²) in [6.45, 7) is 9.45. The molecule has 1 rings (SSSR count). The van der Waals surface area contributed by atoms with Crippen molar-refractivity contribution in [3.8, 4) is 0 Å². The van der Waals surface area contributed by atoms with E-state index in [1.54, 1.807) is 26.0 Å². The molecule has 0 aliphatic rings. The Labute approximate surface area is 120 Å². The molecule has 0 atom stereocenters. The molecule has 4 heteroatoms. The molecule has 1 aromatic rings. The average molecular weight is 277 g/mol. The van der Waals surface area contributed by atoms with Gasteiger partial charge in [0.25, 0.3) is 5.91 Å². The van der Waals surface area contributed by atoms with Gasteiger partial charge in [-0.15, -0.1) is 0 Å². The van der Waals surface area contributed by atoms with E-state index >= 15 is 0 Å². The summed E-state index contributed by atoms with van der Waals surface area (Å²) in [6, 6.07) is 3.51. The van der Waals surface area contributed by atoms with Gasteiger partial charge in [0.05, 0.1) is 11.1 Å². The Balaban J connectivity index is 3.29. The Morgan fingerprint density at radius 3 is 1.95 bits per heavy atom. The van der Waals surface area contributed by atoms with Gasteiger partial charge in [-0.05, 0) is 44.7 Å². The van der Waals surface area contributed by atoms with Crippen molar-refractivity contribution < 1.29 is 14.7 Å². The largest absolute Gasteiger partial charge is 0.478 e. The highest BCUT2D eigenvalue weighted by Gasteiger charge is 2.27. The zero-order chi connectivity index (χ0) is 15.5. The highest BCUT2D eigenvalue weighted by atomic mass is 16.4. The van der Waals surface area contributed by atoms with Crippen LogP contribution in [-0.2, 0) is 0 Å². The third-order valence-electron chi connectivity index (χ3n) is 4.04. The molecule has 20 heavy (non-hydrogen) atoms. The summed E-state index contributed by atoms with van der Waals surface area (Å²) in [6.07, 6.45) is 1.59. The van der Waals surface area contributed by atoms with Crippen LogP contribution in [0.2, 0.25) is 0 Å². The maximum absolute atomic E-state index is 12.5. The van der Waals surface area contributed by atoms with E-state index in [9.17, 15) is 14.7 Å². The van der Waals surface area contributed by atoms with Gasteiger partial charge >= 0.3 is 5.97 Å². The Hall–Kier alpha value is -1.84. The van der Waals surface area contributed by atoms with Gasteiger partial charge < -0.3 is 10.4 Å². The number of hydrogen-bond acceptors (Lipinski definition) is 2. The second-order valence-electron chi connectivity index (χ2n) is 5.48. The Bertz CT molecular complexity index is 531. The van der Waals surface area contributed by atoms with E-state index < -0.39 is 5.97 Å². The van der Waals surface area contributed by atoms with Crippen LogP contribution in [0, 0.1) is 13.8 Å². The molecular formula is C16H23NO3. The van der Waals surface area contributed by atoms with Crippen LogP contribution in [0.15, 0.2) is 12.1 Å². The molecular weight excluding hydrogens is 254 g/mol. The zero-order valence-corrected chi connectivity index (χ0v) is 12.8. The normalized spacial score (nSPS) is 11.2. The summed E-state index contributed by atoms with van der Waals surface area (Å²) < 4.78 is 0. The predicted molar refractivity (Wildman–Crippen MR) is 79.3 cm³/mol. The van der Waals surface area contributed by atoms with Gasteiger partial charge in [-0.2, -0.15) is 0 Å². The number of carbonyl (C=O) groups is 2. The lowest BCUT2D eigenvalue weighted by Gasteiger charge is -2.29. The fraction of sp³-hybridized carbons (Fsp3) is 0.500. The monoisotopic (exact) mass is 277 g/mol. The summed E-state index contributed by atoms with van der Waals surface area (Å²) in [4.78, 5) is 23.9. The maximum atomic E-state index is 12.5. The first kappa shape index (κ1) is 16.2. The number of amides is 1. The molecule has 0 unspecified atom stereocenters. The minimum absolute atomic E-state index is 0.0945. The third-order valence-corrected chi connectivity index (χ3v) is 4.04. The first-order chi connectivity index (χ1) is 9.25. The van der Waals surface area contributed by atoms with E-state index in [0.29, 0.717) is 11.1 Å². The summed E-state index contributed by atoms with van der Waals surface area (Å²) in [5.41, 5.74) is 1.33. The van der Waals surface area contributed by atoms with Gasteiger partial charge in [0.15, 0.2) is 0 Å². The van der Waals surface area contributed by atoms with Crippen LogP contribution >= 0.6 is 0 Å². The van der Waals surface area contributed by atoms with E-state index in [-0.39, 0.29) is 22.6 Å². The summed E-state index contributed by atoms with van der Waals surface area (Å²) in [5, 5.41) is 12.3. The Morgan fingerprint density at radius 1 is 1.10 bits per heavy atom. The lowest BCUT2D eigenvalue weighted by Crippen LogP contribution is -2.45. The van der Waals surface area contributed by atoms with Crippen LogP contribution in [0.5, 0.6) is 0 Å². The van der Waals surface area contributed by atoms with Gasteiger partial charge in [-0.25, -0.2) is 4.79 Å². The number of hydrogen-bond donors (Lipinski definition) is 2. The fourth-order valence-corrected chi connectivity index (χ4v) is 2.14. The van der Waals surface area contributed by atoms with Crippen molar-refractivity contribution in [2.75, 3.05) is 0 Å². The summed E-state index contributed by atoms with van der Waals surface area (Å²) in [5.74, 6) is -1.37. The summed E-state index contributed by atoms with van der Waals surface area (Å²) >= 11 is 0. The van der Waals surface area contributed by atoms with Gasteiger partial charge in [-0.3, -0.25) is 4.79 Å². The first-order valence-corrected chi connectivity index (χ1v) is 6.91. The van der Waals surface area contributed by atoms with E-state index in [1.165, 1.54) is 0 Å². The minimum atomic E-state index is -1.06. The number of carboxylic acids is 1. The first-order valence-electron chi connectivity index (χ1n) is 6.91. The Kier molecular flexibility index (Phi) is 4.93. The fourth-order valence-electron chi connectivity index (χ4n) is 2.14. The zero-order valence-electron chi connectivity index (χ0n) is 12.8. The molecule has 0 aromatic heterocycles. The van der Waals surface area contributed by atoms with Gasteiger partial charge in [0.1, 0.15) is 0 Å². The maximum Gasteiger partial charge on any atom is 0.336 e. The molecule has 0 heterocycles. The standard InChI is InChI=1S/C16H23NO3/c1-6-16(5,7-2)17-14(18)12-10(3)8-9-11(4)13(12)15(19)20/h8-9H,6-7H2,1-5H3,(H,17,18)(H,19,20). The number of carbonyl (C=O) groups excluding carboxylic acids is 1. The highest BCUT2D eigenvalue weighted by Crippen LogP contribution is 2.21. The smallest absolute Gasteiger partial charge is 0.336 e. The Morgan fingerprint density at radius 2 is 1.55 bits per heavy atom. The van der Waals surface area contributed by atoms with Gasteiger partial charge in [0.2, 0.25) is 0 Å². The molecule has 0 bridgehead atoms. The number of carboxylic acid groups (broad SMARTS) is 1. The molecule has 2 N–H and O–H groups in total. The van der Waals surface area contributed by atoms with Gasteiger partial charge in [-0.1, -0.05) is 26.0 Å². The van der Waals surface area contributed by atoms with E-state index in [1.807, 2.05) is 20.8 Å². The van der Waals surface area contributed by atoms with Crippen LogP contribution in [0.4, 0.5) is 0 Å². The molecule has 0 spiro atoms. The van der Waals surface area contributed by atoms with Crippen molar-refractivity contribution >= 4 is 11.9 Å². The van der Waals surface area contributed by atoms with Crippen molar-refractivity contribution in [3.05, 3.63) is 34.4 Å². The highest BCUT2D eigenvalue weighted by molar-refractivity contribution is 6.06. The van der Waals surface area contributed by atoms with Crippen LogP contribution in [0.1, 0.15) is 65.5 Å². The average Bonchev–Trinajstić information content (AvgIpc) is 2.40. The minimum Gasteiger partial charge on any atom is -0.478 e. The lowest BCUT2D eigenvalue weighted by molar-refractivity contribution is 0.0688. The van der Waals surface area contributed by atoms with Crippen LogP contribution in [0.3, 0.4) is 0 Å². The van der Waals surface area contributed by atoms with Crippen LogP contribution < -0.4 is 5.32 Å². The van der Waals surface area contributed by atoms with E-state index in [2.05, 4.69) is 5.32 Å². The predicted octanol–water partition coefficient (Wildman–Crippen LogP) is 3.31. The molecule has 1 amide bonds. The molecule has 4 nitrogen and oxygen atoms in total. The number of rotatable bonds is 5. The molecule has 0 saturated carbocycles. The van der Waals surface area contributed by atoms with Crippen molar-refractivity contribution in [3.63, 3.8) is 0 Å². The topological polar surface area (TPSA) is 66.4 Å². The molecule has 110 valence electrons. The molecule has 0 saturated heterocycles. The molecule has 1 aromatic carbocycles. The quantitative estimate of drug-likeness (QED) is 0.867. The lowest BCUT2D eigenvalue weighted by atomic mass is 9.92. The molecule has 0 aliphatic heterocycles.